The number of urea groups is 1. The Morgan fingerprint density at radius 2 is 2.15 bits per heavy atom. The summed E-state index contributed by atoms with van der Waals surface area (Å²) in [5.74, 6) is 0.770. The molecule has 0 spiro atoms. The minimum absolute atomic E-state index is 0.169. The average molecular weight is 296 g/mol. The van der Waals surface area contributed by atoms with Crippen LogP contribution >= 0.6 is 11.6 Å². The SMILES string of the molecule is CC1CCCN(CCNC(=O)Nc2ccc(Cl)cc2)C1. The van der Waals surface area contributed by atoms with E-state index in [-0.39, 0.29) is 6.03 Å². The van der Waals surface area contributed by atoms with Crippen molar-refractivity contribution in [2.24, 2.45) is 5.92 Å². The van der Waals surface area contributed by atoms with Crippen molar-refractivity contribution in [1.29, 1.82) is 0 Å². The molecule has 110 valence electrons. The lowest BCUT2D eigenvalue weighted by atomic mass is 10.0. The topological polar surface area (TPSA) is 44.4 Å². The van der Waals surface area contributed by atoms with Crippen molar-refractivity contribution < 1.29 is 4.79 Å². The van der Waals surface area contributed by atoms with Crippen LogP contribution in [0.1, 0.15) is 19.8 Å². The highest BCUT2D eigenvalue weighted by Gasteiger charge is 2.15. The molecule has 1 aliphatic rings. The van der Waals surface area contributed by atoms with Gasteiger partial charge in [-0.3, -0.25) is 0 Å². The van der Waals surface area contributed by atoms with E-state index in [0.29, 0.717) is 11.6 Å². The molecule has 1 aliphatic heterocycles. The summed E-state index contributed by atoms with van der Waals surface area (Å²) in [4.78, 5) is 14.1. The van der Waals surface area contributed by atoms with E-state index in [9.17, 15) is 4.79 Å². The maximum atomic E-state index is 11.7. The third-order valence-electron chi connectivity index (χ3n) is 3.56. The molecule has 0 saturated carbocycles. The van der Waals surface area contributed by atoms with Crippen molar-refractivity contribution in [1.82, 2.24) is 10.2 Å². The van der Waals surface area contributed by atoms with Gasteiger partial charge < -0.3 is 15.5 Å². The molecule has 2 rings (SSSR count). The van der Waals surface area contributed by atoms with E-state index in [0.717, 1.165) is 31.2 Å². The molecule has 1 aromatic rings. The van der Waals surface area contributed by atoms with Crippen molar-refractivity contribution in [2.45, 2.75) is 19.8 Å². The summed E-state index contributed by atoms with van der Waals surface area (Å²) in [5.41, 5.74) is 0.749. The number of piperidine rings is 1. The van der Waals surface area contributed by atoms with E-state index in [4.69, 9.17) is 11.6 Å². The van der Waals surface area contributed by atoms with Gasteiger partial charge in [-0.15, -0.1) is 0 Å². The molecule has 2 N–H and O–H groups in total. The Labute approximate surface area is 125 Å². The Kier molecular flexibility index (Phi) is 5.68. The first-order valence-corrected chi connectivity index (χ1v) is 7.54. The lowest BCUT2D eigenvalue weighted by Gasteiger charge is -2.30. The highest BCUT2D eigenvalue weighted by molar-refractivity contribution is 6.30. The van der Waals surface area contributed by atoms with Crippen LogP contribution in [0, 0.1) is 5.92 Å². The number of halogens is 1. The molecule has 0 aromatic heterocycles. The third-order valence-corrected chi connectivity index (χ3v) is 3.81. The number of nitrogens with one attached hydrogen (secondary N) is 2. The summed E-state index contributed by atoms with van der Waals surface area (Å²) in [5, 5.41) is 6.33. The van der Waals surface area contributed by atoms with Gasteiger partial charge in [0.1, 0.15) is 0 Å². The smallest absolute Gasteiger partial charge is 0.319 e. The Hall–Kier alpha value is -1.26. The first-order chi connectivity index (χ1) is 9.63. The minimum atomic E-state index is -0.169. The Balaban J connectivity index is 1.66. The number of likely N-dealkylation sites (tertiary alicyclic amines) is 1. The van der Waals surface area contributed by atoms with Gasteiger partial charge in [-0.25, -0.2) is 4.79 Å². The second kappa shape index (κ2) is 7.50. The molecular weight excluding hydrogens is 274 g/mol. The van der Waals surface area contributed by atoms with Gasteiger partial charge in [0.05, 0.1) is 0 Å². The fourth-order valence-electron chi connectivity index (χ4n) is 2.53. The van der Waals surface area contributed by atoms with Crippen LogP contribution in [0.25, 0.3) is 0 Å². The summed E-state index contributed by atoms with van der Waals surface area (Å²) < 4.78 is 0. The number of hydrogen-bond donors (Lipinski definition) is 2. The number of hydrogen-bond acceptors (Lipinski definition) is 2. The molecule has 0 radical (unpaired) electrons. The predicted octanol–water partition coefficient (Wildman–Crippen LogP) is 3.19. The van der Waals surface area contributed by atoms with Gasteiger partial charge in [0.2, 0.25) is 0 Å². The fourth-order valence-corrected chi connectivity index (χ4v) is 2.65. The highest BCUT2D eigenvalue weighted by Crippen LogP contribution is 2.15. The molecule has 0 bridgehead atoms. The summed E-state index contributed by atoms with van der Waals surface area (Å²) in [6, 6.07) is 6.92. The van der Waals surface area contributed by atoms with Gasteiger partial charge in [-0.05, 0) is 49.6 Å². The first kappa shape index (κ1) is 15.1. The van der Waals surface area contributed by atoms with Gasteiger partial charge in [-0.1, -0.05) is 18.5 Å². The summed E-state index contributed by atoms with van der Waals surface area (Å²) >= 11 is 5.80. The number of anilines is 1. The van der Waals surface area contributed by atoms with Crippen molar-refractivity contribution in [2.75, 3.05) is 31.5 Å². The molecule has 20 heavy (non-hydrogen) atoms. The molecule has 1 saturated heterocycles. The number of carbonyl (C=O) groups is 1. The van der Waals surface area contributed by atoms with E-state index < -0.39 is 0 Å². The lowest BCUT2D eigenvalue weighted by Crippen LogP contribution is -2.41. The van der Waals surface area contributed by atoms with E-state index in [1.54, 1.807) is 24.3 Å². The molecule has 1 aromatic carbocycles. The van der Waals surface area contributed by atoms with Gasteiger partial charge >= 0.3 is 6.03 Å². The Morgan fingerprint density at radius 1 is 1.40 bits per heavy atom. The van der Waals surface area contributed by atoms with Crippen LogP contribution in [-0.4, -0.2) is 37.1 Å². The summed E-state index contributed by atoms with van der Waals surface area (Å²) in [6.07, 6.45) is 2.58. The molecule has 0 aliphatic carbocycles. The molecule has 2 amide bonds. The number of amides is 2. The molecule has 1 unspecified atom stereocenters. The molecular formula is C15H22ClN3O. The van der Waals surface area contributed by atoms with Gasteiger partial charge in [0, 0.05) is 30.3 Å². The van der Waals surface area contributed by atoms with E-state index in [1.807, 2.05) is 0 Å². The van der Waals surface area contributed by atoms with Crippen molar-refractivity contribution >= 4 is 23.3 Å². The van der Waals surface area contributed by atoms with Crippen LogP contribution in [0.2, 0.25) is 5.02 Å². The Bertz CT molecular complexity index is 435. The van der Waals surface area contributed by atoms with Crippen molar-refractivity contribution in [3.63, 3.8) is 0 Å². The first-order valence-electron chi connectivity index (χ1n) is 7.16. The maximum Gasteiger partial charge on any atom is 0.319 e. The van der Waals surface area contributed by atoms with E-state index >= 15 is 0 Å². The number of nitrogens with zero attached hydrogens (tertiary/aromatic N) is 1. The number of carbonyl (C=O) groups excluding carboxylic acids is 1. The second-order valence-corrected chi connectivity index (χ2v) is 5.87. The van der Waals surface area contributed by atoms with Crippen LogP contribution in [0.15, 0.2) is 24.3 Å². The van der Waals surface area contributed by atoms with Crippen LogP contribution in [0.5, 0.6) is 0 Å². The quantitative estimate of drug-likeness (QED) is 0.896. The van der Waals surface area contributed by atoms with Gasteiger partial charge in [0.25, 0.3) is 0 Å². The van der Waals surface area contributed by atoms with Crippen LogP contribution < -0.4 is 10.6 Å². The molecule has 1 fully saturated rings. The zero-order valence-electron chi connectivity index (χ0n) is 11.9. The Morgan fingerprint density at radius 3 is 2.85 bits per heavy atom. The van der Waals surface area contributed by atoms with Crippen LogP contribution in [0.3, 0.4) is 0 Å². The largest absolute Gasteiger partial charge is 0.337 e. The third kappa shape index (κ3) is 5.02. The average Bonchev–Trinajstić information content (AvgIpc) is 2.41. The predicted molar refractivity (Wildman–Crippen MR) is 83.3 cm³/mol. The lowest BCUT2D eigenvalue weighted by molar-refractivity contribution is 0.184. The van der Waals surface area contributed by atoms with Crippen molar-refractivity contribution in [3.05, 3.63) is 29.3 Å². The standard InChI is InChI=1S/C15H22ClN3O/c1-12-3-2-9-19(11-12)10-8-17-15(20)18-14-6-4-13(16)5-7-14/h4-7,12H,2-3,8-11H2,1H3,(H2,17,18,20). The number of benzene rings is 1. The minimum Gasteiger partial charge on any atom is -0.337 e. The monoisotopic (exact) mass is 295 g/mol. The molecule has 1 atom stereocenters. The second-order valence-electron chi connectivity index (χ2n) is 5.44. The van der Waals surface area contributed by atoms with Crippen LogP contribution in [-0.2, 0) is 0 Å². The number of rotatable bonds is 4. The van der Waals surface area contributed by atoms with Gasteiger partial charge in [0.15, 0.2) is 0 Å². The normalized spacial score (nSPS) is 19.6. The van der Waals surface area contributed by atoms with Crippen LogP contribution in [0.4, 0.5) is 10.5 Å². The zero-order valence-corrected chi connectivity index (χ0v) is 12.6. The highest BCUT2D eigenvalue weighted by atomic mass is 35.5. The summed E-state index contributed by atoms with van der Waals surface area (Å²) in [7, 11) is 0. The maximum absolute atomic E-state index is 11.7. The molecule has 1 heterocycles. The summed E-state index contributed by atoms with van der Waals surface area (Å²) in [6.45, 7) is 6.16. The fraction of sp³-hybridized carbons (Fsp3) is 0.533. The van der Waals surface area contributed by atoms with Gasteiger partial charge in [-0.2, -0.15) is 0 Å². The van der Waals surface area contributed by atoms with E-state index in [1.165, 1.54) is 12.8 Å². The molecule has 4 nitrogen and oxygen atoms in total. The van der Waals surface area contributed by atoms with E-state index in [2.05, 4.69) is 22.5 Å². The molecule has 5 heteroatoms. The zero-order chi connectivity index (χ0) is 14.4. The van der Waals surface area contributed by atoms with Crippen molar-refractivity contribution in [3.8, 4) is 0 Å².